The Morgan fingerprint density at radius 1 is 0.971 bits per heavy atom. The van der Waals surface area contributed by atoms with Gasteiger partial charge in [-0.2, -0.15) is 0 Å². The highest BCUT2D eigenvalue weighted by atomic mass is 35.5. The SMILES string of the molecule is C=CC(=O)NNC(=O)C(NC(=O)[C@@H](NC(=O)c1ccc(N)c(Cl)c1)C(C)(C)C)c1ccccc1. The molecular weight excluding hydrogens is 458 g/mol. The molecule has 10 heteroatoms. The number of hydrogen-bond donors (Lipinski definition) is 5. The predicted molar refractivity (Wildman–Crippen MR) is 130 cm³/mol. The molecule has 0 saturated heterocycles. The number of amides is 4. The number of hydrogen-bond acceptors (Lipinski definition) is 5. The van der Waals surface area contributed by atoms with E-state index in [9.17, 15) is 19.2 Å². The summed E-state index contributed by atoms with van der Waals surface area (Å²) in [6.45, 7) is 8.63. The maximum absolute atomic E-state index is 13.3. The number of rotatable bonds is 7. The van der Waals surface area contributed by atoms with Gasteiger partial charge in [0, 0.05) is 5.56 Å². The van der Waals surface area contributed by atoms with E-state index >= 15 is 0 Å². The van der Waals surface area contributed by atoms with Gasteiger partial charge in [-0.05, 0) is 35.3 Å². The molecule has 4 amide bonds. The Hall–Kier alpha value is -3.85. The van der Waals surface area contributed by atoms with Crippen molar-refractivity contribution in [2.24, 2.45) is 5.41 Å². The van der Waals surface area contributed by atoms with Crippen molar-refractivity contribution in [1.29, 1.82) is 0 Å². The minimum absolute atomic E-state index is 0.215. The first-order chi connectivity index (χ1) is 15.9. The highest BCUT2D eigenvalue weighted by molar-refractivity contribution is 6.33. The lowest BCUT2D eigenvalue weighted by Crippen LogP contribution is -2.56. The number of halogens is 1. The van der Waals surface area contributed by atoms with Gasteiger partial charge < -0.3 is 16.4 Å². The third-order valence-electron chi connectivity index (χ3n) is 4.84. The van der Waals surface area contributed by atoms with Crippen LogP contribution in [0.25, 0.3) is 0 Å². The second-order valence-electron chi connectivity index (χ2n) is 8.54. The highest BCUT2D eigenvalue weighted by Crippen LogP contribution is 2.23. The fourth-order valence-corrected chi connectivity index (χ4v) is 3.16. The van der Waals surface area contributed by atoms with E-state index in [2.05, 4.69) is 28.1 Å². The summed E-state index contributed by atoms with van der Waals surface area (Å²) in [4.78, 5) is 50.4. The van der Waals surface area contributed by atoms with E-state index in [-0.39, 0.29) is 10.6 Å². The van der Waals surface area contributed by atoms with E-state index in [1.165, 1.54) is 18.2 Å². The molecule has 0 aliphatic rings. The number of benzene rings is 2. The Morgan fingerprint density at radius 3 is 2.18 bits per heavy atom. The summed E-state index contributed by atoms with van der Waals surface area (Å²) in [6.07, 6.45) is 0.991. The Bertz CT molecular complexity index is 1080. The monoisotopic (exact) mass is 485 g/mol. The van der Waals surface area contributed by atoms with Crippen LogP contribution < -0.4 is 27.2 Å². The van der Waals surface area contributed by atoms with Gasteiger partial charge in [0.25, 0.3) is 17.7 Å². The van der Waals surface area contributed by atoms with Gasteiger partial charge in [-0.1, -0.05) is 69.3 Å². The Kier molecular flexibility index (Phi) is 8.80. The van der Waals surface area contributed by atoms with Crippen LogP contribution in [0.4, 0.5) is 5.69 Å². The summed E-state index contributed by atoms with van der Waals surface area (Å²) in [6, 6.07) is 10.7. The summed E-state index contributed by atoms with van der Waals surface area (Å²) in [7, 11) is 0. The van der Waals surface area contributed by atoms with Crippen LogP contribution in [0.2, 0.25) is 5.02 Å². The largest absolute Gasteiger partial charge is 0.398 e. The van der Waals surface area contributed by atoms with E-state index < -0.39 is 41.1 Å². The van der Waals surface area contributed by atoms with Gasteiger partial charge in [0.05, 0.1) is 10.7 Å². The van der Waals surface area contributed by atoms with Crippen molar-refractivity contribution in [1.82, 2.24) is 21.5 Å². The van der Waals surface area contributed by atoms with Crippen molar-refractivity contribution in [2.75, 3.05) is 5.73 Å². The fraction of sp³-hybridized carbons (Fsp3) is 0.250. The van der Waals surface area contributed by atoms with Gasteiger partial charge in [0.1, 0.15) is 12.1 Å². The van der Waals surface area contributed by atoms with E-state index in [0.29, 0.717) is 11.3 Å². The second-order valence-corrected chi connectivity index (χ2v) is 8.95. The Labute approximate surface area is 203 Å². The molecule has 0 heterocycles. The fourth-order valence-electron chi connectivity index (χ4n) is 2.98. The first-order valence-corrected chi connectivity index (χ1v) is 10.7. The topological polar surface area (TPSA) is 142 Å². The Balaban J connectivity index is 2.28. The van der Waals surface area contributed by atoms with Crippen molar-refractivity contribution in [3.05, 3.63) is 77.3 Å². The lowest BCUT2D eigenvalue weighted by atomic mass is 9.85. The van der Waals surface area contributed by atoms with Crippen LogP contribution in [0.5, 0.6) is 0 Å². The van der Waals surface area contributed by atoms with Crippen molar-refractivity contribution in [2.45, 2.75) is 32.9 Å². The lowest BCUT2D eigenvalue weighted by Gasteiger charge is -2.32. The van der Waals surface area contributed by atoms with E-state index in [4.69, 9.17) is 17.3 Å². The summed E-state index contributed by atoms with van der Waals surface area (Å²) in [5, 5.41) is 5.59. The average Bonchev–Trinajstić information content (AvgIpc) is 2.80. The molecule has 0 bridgehead atoms. The van der Waals surface area contributed by atoms with Crippen molar-refractivity contribution in [3.8, 4) is 0 Å². The van der Waals surface area contributed by atoms with Gasteiger partial charge in [-0.25, -0.2) is 0 Å². The van der Waals surface area contributed by atoms with Crippen LogP contribution >= 0.6 is 11.6 Å². The van der Waals surface area contributed by atoms with E-state index in [1.54, 1.807) is 51.1 Å². The molecule has 1 unspecified atom stereocenters. The standard InChI is InChI=1S/C24H28ClN5O4/c1-5-18(31)29-30-22(33)19(14-9-7-6-8-10-14)27-23(34)20(24(2,3)4)28-21(32)15-11-12-17(26)16(25)13-15/h5-13,19-20H,1,26H2,2-4H3,(H,27,34)(H,28,32)(H,29,31)(H,30,33)/t19?,20-/m1/s1. The third-order valence-corrected chi connectivity index (χ3v) is 5.17. The molecule has 9 nitrogen and oxygen atoms in total. The summed E-state index contributed by atoms with van der Waals surface area (Å²) >= 11 is 6.02. The molecule has 0 aliphatic carbocycles. The molecule has 6 N–H and O–H groups in total. The van der Waals surface area contributed by atoms with E-state index in [1.807, 2.05) is 0 Å². The number of nitrogens with two attached hydrogens (primary N) is 1. The molecule has 0 fully saturated rings. The molecule has 0 spiro atoms. The number of anilines is 1. The summed E-state index contributed by atoms with van der Waals surface area (Å²) < 4.78 is 0. The predicted octanol–water partition coefficient (Wildman–Crippen LogP) is 2.26. The van der Waals surface area contributed by atoms with Gasteiger partial charge in [-0.15, -0.1) is 0 Å². The molecule has 180 valence electrons. The second kappa shape index (κ2) is 11.3. The molecule has 0 aromatic heterocycles. The van der Waals surface area contributed by atoms with Crippen molar-refractivity contribution >= 4 is 40.9 Å². The number of carbonyl (C=O) groups is 4. The molecule has 2 atom stereocenters. The number of carbonyl (C=O) groups excluding carboxylic acids is 4. The first-order valence-electron chi connectivity index (χ1n) is 10.4. The Morgan fingerprint density at radius 2 is 1.62 bits per heavy atom. The van der Waals surface area contributed by atoms with E-state index in [0.717, 1.165) is 6.08 Å². The molecule has 34 heavy (non-hydrogen) atoms. The smallest absolute Gasteiger partial charge is 0.265 e. The molecule has 2 aromatic rings. The summed E-state index contributed by atoms with van der Waals surface area (Å²) in [5.41, 5.74) is 10.4. The molecule has 0 saturated carbocycles. The first kappa shape index (κ1) is 26.4. The maximum atomic E-state index is 13.3. The molecule has 2 aromatic carbocycles. The van der Waals surface area contributed by atoms with Gasteiger partial charge in [0.15, 0.2) is 0 Å². The van der Waals surface area contributed by atoms with Crippen LogP contribution in [0.15, 0.2) is 61.2 Å². The number of hydrazine groups is 1. The normalized spacial score (nSPS) is 12.6. The van der Waals surface area contributed by atoms with Crippen LogP contribution in [-0.2, 0) is 14.4 Å². The zero-order valence-electron chi connectivity index (χ0n) is 19.1. The van der Waals surface area contributed by atoms with Crippen LogP contribution in [0.1, 0.15) is 42.7 Å². The van der Waals surface area contributed by atoms with Gasteiger partial charge in [0.2, 0.25) is 5.91 Å². The maximum Gasteiger partial charge on any atom is 0.265 e. The van der Waals surface area contributed by atoms with Gasteiger partial charge >= 0.3 is 0 Å². The molecule has 0 aliphatic heterocycles. The van der Waals surface area contributed by atoms with Crippen molar-refractivity contribution in [3.63, 3.8) is 0 Å². The minimum Gasteiger partial charge on any atom is -0.398 e. The zero-order valence-corrected chi connectivity index (χ0v) is 19.9. The van der Waals surface area contributed by atoms with Gasteiger partial charge in [-0.3, -0.25) is 30.0 Å². The van der Waals surface area contributed by atoms with Crippen LogP contribution in [-0.4, -0.2) is 29.7 Å². The number of nitrogens with one attached hydrogen (secondary N) is 4. The third kappa shape index (κ3) is 7.08. The van der Waals surface area contributed by atoms with Crippen molar-refractivity contribution < 1.29 is 19.2 Å². The molecular formula is C24H28ClN5O4. The van der Waals surface area contributed by atoms with Crippen LogP contribution in [0.3, 0.4) is 0 Å². The number of nitrogen functional groups attached to an aromatic ring is 1. The molecule has 2 rings (SSSR count). The highest BCUT2D eigenvalue weighted by Gasteiger charge is 2.35. The van der Waals surface area contributed by atoms with Crippen LogP contribution in [0, 0.1) is 5.41 Å². The average molecular weight is 486 g/mol. The zero-order chi connectivity index (χ0) is 25.5. The quantitative estimate of drug-likeness (QED) is 0.232. The molecule has 0 radical (unpaired) electrons. The minimum atomic E-state index is -1.15. The summed E-state index contributed by atoms with van der Waals surface area (Å²) in [5.74, 6) is -2.43. The lowest BCUT2D eigenvalue weighted by molar-refractivity contribution is -0.133.